The van der Waals surface area contributed by atoms with Crippen molar-refractivity contribution in [2.75, 3.05) is 0 Å². The molecule has 5 aromatic rings. The van der Waals surface area contributed by atoms with Crippen molar-refractivity contribution in [1.29, 1.82) is 0 Å². The lowest BCUT2D eigenvalue weighted by Crippen LogP contribution is -1.91. The molecule has 0 aliphatic rings. The molecule has 0 bridgehead atoms. The first kappa shape index (κ1) is 16.3. The van der Waals surface area contributed by atoms with Crippen molar-refractivity contribution in [3.63, 3.8) is 0 Å². The summed E-state index contributed by atoms with van der Waals surface area (Å²) in [5.41, 5.74) is 5.09. The second kappa shape index (κ2) is 6.68. The SMILES string of the molecule is Brc1ccc2c(-c3ccccc3)c(-c3ccccc3)c3ccccc3c2c1. The highest BCUT2D eigenvalue weighted by Gasteiger charge is 2.17. The van der Waals surface area contributed by atoms with Gasteiger partial charge in [0, 0.05) is 4.47 Å². The van der Waals surface area contributed by atoms with Crippen molar-refractivity contribution in [3.05, 3.63) is 108 Å². The molecule has 0 aliphatic heterocycles. The van der Waals surface area contributed by atoms with Crippen LogP contribution in [-0.2, 0) is 0 Å². The zero-order valence-corrected chi connectivity index (χ0v) is 16.3. The number of hydrogen-bond donors (Lipinski definition) is 0. The van der Waals surface area contributed by atoms with Gasteiger partial charge in [-0.2, -0.15) is 0 Å². The molecule has 0 N–H and O–H groups in total. The van der Waals surface area contributed by atoms with Crippen LogP contribution in [-0.4, -0.2) is 0 Å². The number of hydrogen-bond acceptors (Lipinski definition) is 0. The van der Waals surface area contributed by atoms with E-state index in [2.05, 4.69) is 119 Å². The number of fused-ring (bicyclic) bond motifs is 3. The number of halogens is 1. The fraction of sp³-hybridized carbons (Fsp3) is 0. The Labute approximate surface area is 167 Å². The Balaban J connectivity index is 2.06. The second-order valence-electron chi connectivity index (χ2n) is 6.72. The third-order valence-corrected chi connectivity index (χ3v) is 5.61. The van der Waals surface area contributed by atoms with E-state index in [1.54, 1.807) is 0 Å². The first-order valence-electron chi connectivity index (χ1n) is 9.08. The van der Waals surface area contributed by atoms with E-state index in [4.69, 9.17) is 0 Å². The predicted molar refractivity (Wildman–Crippen MR) is 120 cm³/mol. The molecule has 0 spiro atoms. The fourth-order valence-electron chi connectivity index (χ4n) is 3.97. The summed E-state index contributed by atoms with van der Waals surface area (Å²) in [6.45, 7) is 0. The van der Waals surface area contributed by atoms with Crippen LogP contribution in [0.1, 0.15) is 0 Å². The minimum Gasteiger partial charge on any atom is -0.0622 e. The maximum absolute atomic E-state index is 3.66. The summed E-state index contributed by atoms with van der Waals surface area (Å²) < 4.78 is 1.10. The van der Waals surface area contributed by atoms with Crippen LogP contribution in [0.15, 0.2) is 108 Å². The minimum absolute atomic E-state index is 1.10. The molecule has 1 heteroatoms. The summed E-state index contributed by atoms with van der Waals surface area (Å²) in [7, 11) is 0. The molecule has 5 aromatic carbocycles. The zero-order chi connectivity index (χ0) is 18.2. The average molecular weight is 409 g/mol. The Hall–Kier alpha value is -2.90. The summed E-state index contributed by atoms with van der Waals surface area (Å²) in [5, 5.41) is 5.13. The maximum atomic E-state index is 3.66. The van der Waals surface area contributed by atoms with Crippen molar-refractivity contribution in [2.24, 2.45) is 0 Å². The molecule has 0 aliphatic carbocycles. The topological polar surface area (TPSA) is 0 Å². The van der Waals surface area contributed by atoms with E-state index in [9.17, 15) is 0 Å². The van der Waals surface area contributed by atoms with Crippen LogP contribution < -0.4 is 0 Å². The highest BCUT2D eigenvalue weighted by molar-refractivity contribution is 9.10. The minimum atomic E-state index is 1.10. The monoisotopic (exact) mass is 408 g/mol. The quantitative estimate of drug-likeness (QED) is 0.259. The van der Waals surface area contributed by atoms with Gasteiger partial charge in [-0.05, 0) is 55.9 Å². The van der Waals surface area contributed by atoms with Gasteiger partial charge in [-0.3, -0.25) is 0 Å². The van der Waals surface area contributed by atoms with Gasteiger partial charge in [0.15, 0.2) is 0 Å². The number of rotatable bonds is 2. The van der Waals surface area contributed by atoms with Crippen LogP contribution in [0, 0.1) is 0 Å². The van der Waals surface area contributed by atoms with Crippen molar-refractivity contribution in [3.8, 4) is 22.3 Å². The van der Waals surface area contributed by atoms with Crippen LogP contribution in [0.4, 0.5) is 0 Å². The van der Waals surface area contributed by atoms with Gasteiger partial charge in [0.1, 0.15) is 0 Å². The van der Waals surface area contributed by atoms with Gasteiger partial charge >= 0.3 is 0 Å². The lowest BCUT2D eigenvalue weighted by molar-refractivity contribution is 1.62. The molecule has 0 unspecified atom stereocenters. The van der Waals surface area contributed by atoms with Crippen LogP contribution in [0.3, 0.4) is 0 Å². The molecule has 0 saturated heterocycles. The van der Waals surface area contributed by atoms with Gasteiger partial charge in [0.2, 0.25) is 0 Å². The molecule has 5 rings (SSSR count). The first-order valence-corrected chi connectivity index (χ1v) is 9.87. The third kappa shape index (κ3) is 2.75. The summed E-state index contributed by atoms with van der Waals surface area (Å²) >= 11 is 3.66. The summed E-state index contributed by atoms with van der Waals surface area (Å²) in [5.74, 6) is 0. The van der Waals surface area contributed by atoms with E-state index in [-0.39, 0.29) is 0 Å². The van der Waals surface area contributed by atoms with E-state index in [0.717, 1.165) is 4.47 Å². The van der Waals surface area contributed by atoms with Crippen LogP contribution >= 0.6 is 15.9 Å². The summed E-state index contributed by atoms with van der Waals surface area (Å²) in [6, 6.07) is 36.8. The second-order valence-corrected chi connectivity index (χ2v) is 7.63. The Morgan fingerprint density at radius 1 is 0.407 bits per heavy atom. The van der Waals surface area contributed by atoms with Gasteiger partial charge in [-0.25, -0.2) is 0 Å². The lowest BCUT2D eigenvalue weighted by atomic mass is 9.85. The predicted octanol–water partition coefficient (Wildman–Crippen LogP) is 8.09. The highest BCUT2D eigenvalue weighted by Crippen LogP contribution is 2.44. The zero-order valence-electron chi connectivity index (χ0n) is 14.7. The summed E-state index contributed by atoms with van der Waals surface area (Å²) in [6.07, 6.45) is 0. The molecule has 27 heavy (non-hydrogen) atoms. The Morgan fingerprint density at radius 2 is 0.889 bits per heavy atom. The molecule has 0 nitrogen and oxygen atoms in total. The molecule has 128 valence electrons. The van der Waals surface area contributed by atoms with Crippen molar-refractivity contribution in [2.45, 2.75) is 0 Å². The largest absolute Gasteiger partial charge is 0.0622 e. The van der Waals surface area contributed by atoms with Gasteiger partial charge in [0.25, 0.3) is 0 Å². The van der Waals surface area contributed by atoms with Crippen LogP contribution in [0.5, 0.6) is 0 Å². The first-order chi connectivity index (χ1) is 13.3. The van der Waals surface area contributed by atoms with Crippen LogP contribution in [0.2, 0.25) is 0 Å². The third-order valence-electron chi connectivity index (χ3n) is 5.11. The van der Waals surface area contributed by atoms with Gasteiger partial charge in [-0.15, -0.1) is 0 Å². The molecule has 0 saturated carbocycles. The van der Waals surface area contributed by atoms with E-state index >= 15 is 0 Å². The number of benzene rings is 5. The smallest absolute Gasteiger partial charge is 0.0181 e. The Morgan fingerprint density at radius 3 is 1.48 bits per heavy atom. The highest BCUT2D eigenvalue weighted by atomic mass is 79.9. The van der Waals surface area contributed by atoms with Crippen molar-refractivity contribution in [1.82, 2.24) is 0 Å². The van der Waals surface area contributed by atoms with E-state index in [1.165, 1.54) is 43.8 Å². The molecule has 0 atom stereocenters. The van der Waals surface area contributed by atoms with Crippen molar-refractivity contribution < 1.29 is 0 Å². The average Bonchev–Trinajstić information content (AvgIpc) is 2.74. The molecule has 0 amide bonds. The van der Waals surface area contributed by atoms with E-state index in [0.29, 0.717) is 0 Å². The van der Waals surface area contributed by atoms with Gasteiger partial charge < -0.3 is 0 Å². The molecule has 0 fully saturated rings. The van der Waals surface area contributed by atoms with Crippen molar-refractivity contribution >= 4 is 37.5 Å². The fourth-order valence-corrected chi connectivity index (χ4v) is 4.33. The standard InChI is InChI=1S/C26H17Br/c27-20-15-16-23-24(17-20)21-13-7-8-14-22(21)25(18-9-3-1-4-10-18)26(23)19-11-5-2-6-12-19/h1-17H. The Kier molecular flexibility index (Phi) is 4.03. The van der Waals surface area contributed by atoms with Gasteiger partial charge in [0.05, 0.1) is 0 Å². The van der Waals surface area contributed by atoms with E-state index < -0.39 is 0 Å². The normalized spacial score (nSPS) is 11.1. The molecule has 0 heterocycles. The Bertz CT molecular complexity index is 1260. The lowest BCUT2D eigenvalue weighted by Gasteiger charge is -2.18. The van der Waals surface area contributed by atoms with Gasteiger partial charge in [-0.1, -0.05) is 107 Å². The maximum Gasteiger partial charge on any atom is 0.0181 e. The molecular formula is C26H17Br. The molecular weight excluding hydrogens is 392 g/mol. The molecule has 0 aromatic heterocycles. The van der Waals surface area contributed by atoms with E-state index in [1.807, 2.05) is 0 Å². The van der Waals surface area contributed by atoms with Crippen LogP contribution in [0.25, 0.3) is 43.8 Å². The molecule has 0 radical (unpaired) electrons. The summed E-state index contributed by atoms with van der Waals surface area (Å²) in [4.78, 5) is 0.